The highest BCUT2D eigenvalue weighted by Crippen LogP contribution is 2.01. The summed E-state index contributed by atoms with van der Waals surface area (Å²) in [7, 11) is 0. The Kier molecular flexibility index (Phi) is 2.92. The molecule has 0 aliphatic carbocycles. The highest BCUT2D eigenvalue weighted by molar-refractivity contribution is 6.66. The van der Waals surface area contributed by atoms with Crippen LogP contribution in [-0.4, -0.2) is 6.34 Å². The second-order valence-corrected chi connectivity index (χ2v) is 3.31. The molecule has 1 heteroatoms. The van der Waals surface area contributed by atoms with Gasteiger partial charge < -0.3 is 0 Å². The van der Waals surface area contributed by atoms with E-state index in [9.17, 15) is 0 Å². The lowest BCUT2D eigenvalue weighted by Gasteiger charge is -2.01. The third-order valence-corrected chi connectivity index (χ3v) is 2.20. The monoisotopic (exact) mass is 179 g/mol. The first-order chi connectivity index (χ1) is 6.95. The van der Waals surface area contributed by atoms with Crippen molar-refractivity contribution in [2.75, 3.05) is 0 Å². The zero-order valence-corrected chi connectivity index (χ0v) is 8.01. The first kappa shape index (κ1) is 8.95. The summed E-state index contributed by atoms with van der Waals surface area (Å²) in [6.07, 6.45) is 2.60. The van der Waals surface area contributed by atoms with Crippen LogP contribution in [0, 0.1) is 0 Å². The topological polar surface area (TPSA) is 0 Å². The molecule has 0 aliphatic rings. The van der Waals surface area contributed by atoms with E-state index in [4.69, 9.17) is 0 Å². The van der Waals surface area contributed by atoms with Crippen molar-refractivity contribution in [1.82, 2.24) is 0 Å². The normalized spacial score (nSPS) is 10.6. The molecule has 0 bridgehead atoms. The molecule has 14 heavy (non-hydrogen) atoms. The number of hydrogen-bond donors (Lipinski definition) is 0. The molecule has 1 aromatic heterocycles. The van der Waals surface area contributed by atoms with Crippen molar-refractivity contribution >= 4 is 18.4 Å². The van der Waals surface area contributed by atoms with E-state index in [0.717, 1.165) is 0 Å². The molecule has 0 aliphatic heterocycles. The van der Waals surface area contributed by atoms with E-state index >= 15 is 0 Å². The molecule has 0 amide bonds. The van der Waals surface area contributed by atoms with E-state index in [0.29, 0.717) is 6.34 Å². The van der Waals surface area contributed by atoms with Crippen LogP contribution in [0.1, 0.15) is 5.56 Å². The summed E-state index contributed by atoms with van der Waals surface area (Å²) in [6, 6.07) is 16.6. The van der Waals surface area contributed by atoms with Crippen LogP contribution >= 0.6 is 0 Å². The lowest BCUT2D eigenvalue weighted by atomic mass is 9.66. The Hall–Kier alpha value is -1.63. The first-order valence-electron chi connectivity index (χ1n) is 4.87. The van der Waals surface area contributed by atoms with Gasteiger partial charge in [0.05, 0.1) is 0 Å². The van der Waals surface area contributed by atoms with Crippen LogP contribution < -0.4 is 0 Å². The van der Waals surface area contributed by atoms with Crippen LogP contribution in [0.2, 0.25) is 0 Å². The van der Waals surface area contributed by atoms with Crippen LogP contribution in [0.5, 0.6) is 0 Å². The Labute approximate surface area is 85.0 Å². The number of hydrogen-bond acceptors (Lipinski definition) is 0. The van der Waals surface area contributed by atoms with Gasteiger partial charge in [-0.3, -0.25) is 17.9 Å². The van der Waals surface area contributed by atoms with Gasteiger partial charge in [0.2, 0.25) is 0 Å². The average molecular weight is 179 g/mol. The SMILES string of the molecule is C(=C\c1ccccc1)/[b-]1ccccc1. The fourth-order valence-corrected chi connectivity index (χ4v) is 1.43. The van der Waals surface area contributed by atoms with Gasteiger partial charge in [-0.25, -0.2) is 0 Å². The fraction of sp³-hybridized carbons (Fsp3) is 0. The molecule has 68 valence electrons. The van der Waals surface area contributed by atoms with Gasteiger partial charge in [-0.1, -0.05) is 42.5 Å². The van der Waals surface area contributed by atoms with Crippen molar-refractivity contribution in [1.29, 1.82) is 0 Å². The van der Waals surface area contributed by atoms with Crippen LogP contribution in [0.3, 0.4) is 0 Å². The molecule has 2 rings (SSSR count). The van der Waals surface area contributed by atoms with Crippen LogP contribution in [-0.2, 0) is 0 Å². The largest absolute Gasteiger partial charge is 0.260 e. The summed E-state index contributed by atoms with van der Waals surface area (Å²) in [5.41, 5.74) is 1.25. The van der Waals surface area contributed by atoms with E-state index in [1.807, 2.05) is 12.1 Å². The molecule has 2 aromatic rings. The minimum atomic E-state index is 0.445. The molecule has 1 aromatic carbocycles. The van der Waals surface area contributed by atoms with E-state index in [2.05, 4.69) is 60.4 Å². The summed E-state index contributed by atoms with van der Waals surface area (Å²) in [5, 5.41) is 0. The number of rotatable bonds is 2. The van der Waals surface area contributed by atoms with Gasteiger partial charge in [0.15, 0.2) is 0 Å². The minimum Gasteiger partial charge on any atom is -0.260 e. The Bertz CT molecular complexity index is 362. The third-order valence-electron chi connectivity index (χ3n) is 2.20. The van der Waals surface area contributed by atoms with Crippen molar-refractivity contribution in [2.24, 2.45) is 0 Å². The Balaban J connectivity index is 2.16. The summed E-state index contributed by atoms with van der Waals surface area (Å²) < 4.78 is 0. The van der Waals surface area contributed by atoms with E-state index < -0.39 is 0 Å². The molecule has 0 nitrogen and oxygen atoms in total. The Morgan fingerprint density at radius 3 is 2.14 bits per heavy atom. The second-order valence-electron chi connectivity index (χ2n) is 3.31. The summed E-state index contributed by atoms with van der Waals surface area (Å²) in [4.78, 5) is 0. The molecule has 0 radical (unpaired) electrons. The fourth-order valence-electron chi connectivity index (χ4n) is 1.43. The van der Waals surface area contributed by atoms with Crippen molar-refractivity contribution in [3.05, 3.63) is 66.0 Å². The molecule has 0 spiro atoms. The summed E-state index contributed by atoms with van der Waals surface area (Å²) in [5.74, 6) is 6.56. The zero-order chi connectivity index (χ0) is 9.64. The quantitative estimate of drug-likeness (QED) is 0.663. The van der Waals surface area contributed by atoms with Gasteiger partial charge >= 0.3 is 0 Å². The molecule has 0 N–H and O–H groups in total. The van der Waals surface area contributed by atoms with Crippen molar-refractivity contribution < 1.29 is 0 Å². The maximum atomic E-state index is 2.20. The van der Waals surface area contributed by atoms with Gasteiger partial charge in [0.25, 0.3) is 0 Å². The van der Waals surface area contributed by atoms with E-state index in [1.54, 1.807) is 0 Å². The highest BCUT2D eigenvalue weighted by atomic mass is 13.8. The Morgan fingerprint density at radius 2 is 1.43 bits per heavy atom. The standard InChI is InChI=1S/C13H12B/c1-3-7-13(8-4-1)9-12-14-10-5-2-6-11-14/h1-12H/q-1/b12-9+. The first-order valence-corrected chi connectivity index (χ1v) is 4.87. The van der Waals surface area contributed by atoms with Gasteiger partial charge in [-0.2, -0.15) is 0 Å². The van der Waals surface area contributed by atoms with Crippen LogP contribution in [0.15, 0.2) is 60.5 Å². The molecule has 0 saturated heterocycles. The molecule has 0 atom stereocenters. The third kappa shape index (κ3) is 2.43. The highest BCUT2D eigenvalue weighted by Gasteiger charge is 1.79. The summed E-state index contributed by atoms with van der Waals surface area (Å²) in [6.45, 7) is 0. The predicted molar refractivity (Wildman–Crippen MR) is 64.1 cm³/mol. The molecular formula is C13H12B-. The van der Waals surface area contributed by atoms with Crippen LogP contribution in [0.25, 0.3) is 12.1 Å². The maximum absolute atomic E-state index is 2.20. The van der Waals surface area contributed by atoms with Gasteiger partial charge in [-0.05, 0) is 5.56 Å². The number of benzene rings is 1. The maximum Gasteiger partial charge on any atom is -0.0293 e. The van der Waals surface area contributed by atoms with E-state index in [-0.39, 0.29) is 0 Å². The van der Waals surface area contributed by atoms with Crippen molar-refractivity contribution in [3.8, 4) is 0 Å². The second kappa shape index (κ2) is 4.57. The minimum absolute atomic E-state index is 0.445. The summed E-state index contributed by atoms with van der Waals surface area (Å²) >= 11 is 0. The predicted octanol–water partition coefficient (Wildman–Crippen LogP) is 3.34. The van der Waals surface area contributed by atoms with Crippen molar-refractivity contribution in [3.63, 3.8) is 0 Å². The Morgan fingerprint density at radius 1 is 0.786 bits per heavy atom. The van der Waals surface area contributed by atoms with Gasteiger partial charge in [0, 0.05) is 0 Å². The lowest BCUT2D eigenvalue weighted by Crippen LogP contribution is -1.85. The van der Waals surface area contributed by atoms with Gasteiger partial charge in [-0.15, -0.1) is 18.5 Å². The van der Waals surface area contributed by atoms with E-state index in [1.165, 1.54) is 5.56 Å². The van der Waals surface area contributed by atoms with Gasteiger partial charge in [0.1, 0.15) is 0 Å². The molecular weight excluding hydrogens is 167 g/mol. The lowest BCUT2D eigenvalue weighted by molar-refractivity contribution is 1.67. The molecule has 0 unspecified atom stereocenters. The molecule has 0 fully saturated rings. The average Bonchev–Trinajstić information content (AvgIpc) is 2.29. The molecule has 0 saturated carbocycles. The van der Waals surface area contributed by atoms with Crippen molar-refractivity contribution in [2.45, 2.75) is 0 Å². The molecule has 1 heterocycles. The zero-order valence-electron chi connectivity index (χ0n) is 8.01. The smallest absolute Gasteiger partial charge is 0.0293 e. The van der Waals surface area contributed by atoms with Crippen LogP contribution in [0.4, 0.5) is 0 Å².